The summed E-state index contributed by atoms with van der Waals surface area (Å²) < 4.78 is 9.52. The molecule has 0 radical (unpaired) electrons. The van der Waals surface area contributed by atoms with Gasteiger partial charge in [-0.2, -0.15) is 0 Å². The first-order valence-corrected chi connectivity index (χ1v) is 5.67. The summed E-state index contributed by atoms with van der Waals surface area (Å²) in [5.74, 6) is -0.162. The number of benzene rings is 1. The van der Waals surface area contributed by atoms with E-state index >= 15 is 0 Å². The van der Waals surface area contributed by atoms with E-state index in [1.165, 1.54) is 14.0 Å². The molecule has 0 atom stereocenters. The Kier molecular flexibility index (Phi) is 5.81. The van der Waals surface area contributed by atoms with Gasteiger partial charge in [-0.05, 0) is 17.7 Å². The summed E-state index contributed by atoms with van der Waals surface area (Å²) in [7, 11) is 2.84. The summed E-state index contributed by atoms with van der Waals surface area (Å²) in [6.07, 6.45) is 0. The lowest BCUT2D eigenvalue weighted by Crippen LogP contribution is -2.34. The molecule has 0 bridgehead atoms. The summed E-state index contributed by atoms with van der Waals surface area (Å²) in [6.45, 7) is 1.26. The van der Waals surface area contributed by atoms with E-state index in [-0.39, 0.29) is 19.1 Å². The Morgan fingerprint density at radius 1 is 1.16 bits per heavy atom. The molecule has 1 aromatic carbocycles. The van der Waals surface area contributed by atoms with Crippen LogP contribution in [-0.4, -0.2) is 37.7 Å². The van der Waals surface area contributed by atoms with Crippen molar-refractivity contribution in [3.05, 3.63) is 29.8 Å². The number of hydroxylamine groups is 2. The smallest absolute Gasteiger partial charge is 0.328 e. The van der Waals surface area contributed by atoms with Gasteiger partial charge in [0.15, 0.2) is 0 Å². The first-order valence-electron chi connectivity index (χ1n) is 5.67. The fourth-order valence-corrected chi connectivity index (χ4v) is 1.30. The number of carbonyl (C=O) groups is 2. The van der Waals surface area contributed by atoms with Crippen LogP contribution in [0.3, 0.4) is 0 Å². The monoisotopic (exact) mass is 267 g/mol. The van der Waals surface area contributed by atoms with Crippen molar-refractivity contribution in [3.63, 3.8) is 0 Å². The van der Waals surface area contributed by atoms with E-state index in [2.05, 4.69) is 4.74 Å². The average Bonchev–Trinajstić information content (AvgIpc) is 2.43. The molecule has 0 heterocycles. The number of carbonyl (C=O) groups excluding carboxylic acids is 2. The number of rotatable bonds is 6. The highest BCUT2D eigenvalue weighted by Crippen LogP contribution is 2.12. The molecular formula is C13H17NO5. The van der Waals surface area contributed by atoms with Crippen LogP contribution < -0.4 is 4.74 Å². The fourth-order valence-electron chi connectivity index (χ4n) is 1.30. The SMILES string of the molecule is COC(=O)CN(OCc1ccc(OC)cc1)C(C)=O. The number of nitrogens with zero attached hydrogens (tertiary/aromatic N) is 1. The molecule has 0 saturated heterocycles. The molecule has 0 aliphatic rings. The Morgan fingerprint density at radius 3 is 2.26 bits per heavy atom. The van der Waals surface area contributed by atoms with Crippen LogP contribution in [0, 0.1) is 0 Å². The van der Waals surface area contributed by atoms with Gasteiger partial charge in [0, 0.05) is 6.92 Å². The van der Waals surface area contributed by atoms with E-state index in [9.17, 15) is 9.59 Å². The van der Waals surface area contributed by atoms with E-state index < -0.39 is 5.97 Å². The fraction of sp³-hybridized carbons (Fsp3) is 0.385. The summed E-state index contributed by atoms with van der Waals surface area (Å²) in [5, 5.41) is 0.968. The minimum absolute atomic E-state index is 0.181. The standard InChI is InChI=1S/C13H17NO5/c1-10(15)14(8-13(16)18-3)19-9-11-4-6-12(17-2)7-5-11/h4-7H,8-9H2,1-3H3. The number of ether oxygens (including phenoxy) is 2. The number of amides is 1. The van der Waals surface area contributed by atoms with Crippen LogP contribution in [0.2, 0.25) is 0 Å². The van der Waals surface area contributed by atoms with Gasteiger partial charge in [0.05, 0.1) is 14.2 Å². The van der Waals surface area contributed by atoms with E-state index in [0.29, 0.717) is 0 Å². The normalized spacial score (nSPS) is 9.84. The van der Waals surface area contributed by atoms with Crippen molar-refractivity contribution in [2.75, 3.05) is 20.8 Å². The Labute approximate surface area is 111 Å². The van der Waals surface area contributed by atoms with Gasteiger partial charge in [0.2, 0.25) is 5.91 Å². The Bertz CT molecular complexity index is 429. The van der Waals surface area contributed by atoms with Crippen molar-refractivity contribution >= 4 is 11.9 Å². The number of hydrogen-bond acceptors (Lipinski definition) is 5. The molecule has 1 amide bonds. The molecule has 0 spiro atoms. The third kappa shape index (κ3) is 4.97. The van der Waals surface area contributed by atoms with Crippen LogP contribution in [0.4, 0.5) is 0 Å². The van der Waals surface area contributed by atoms with Gasteiger partial charge in [0.25, 0.3) is 0 Å². The van der Waals surface area contributed by atoms with Gasteiger partial charge in [-0.25, -0.2) is 5.06 Å². The highest BCUT2D eigenvalue weighted by molar-refractivity contribution is 5.79. The van der Waals surface area contributed by atoms with E-state index in [0.717, 1.165) is 16.4 Å². The summed E-state index contributed by atoms with van der Waals surface area (Å²) >= 11 is 0. The van der Waals surface area contributed by atoms with Gasteiger partial charge in [0.1, 0.15) is 18.9 Å². The molecule has 6 heteroatoms. The average molecular weight is 267 g/mol. The van der Waals surface area contributed by atoms with Gasteiger partial charge in [-0.1, -0.05) is 12.1 Å². The molecule has 6 nitrogen and oxygen atoms in total. The lowest BCUT2D eigenvalue weighted by atomic mass is 10.2. The van der Waals surface area contributed by atoms with E-state index in [4.69, 9.17) is 9.57 Å². The second-order valence-electron chi connectivity index (χ2n) is 3.75. The Morgan fingerprint density at radius 2 is 1.79 bits per heavy atom. The number of hydrogen-bond donors (Lipinski definition) is 0. The second-order valence-corrected chi connectivity index (χ2v) is 3.75. The van der Waals surface area contributed by atoms with Gasteiger partial charge in [-0.15, -0.1) is 0 Å². The lowest BCUT2D eigenvalue weighted by Gasteiger charge is -2.18. The maximum atomic E-state index is 11.3. The zero-order chi connectivity index (χ0) is 14.3. The maximum absolute atomic E-state index is 11.3. The van der Waals surface area contributed by atoms with Crippen LogP contribution in [-0.2, 0) is 25.8 Å². The molecule has 1 aromatic rings. The zero-order valence-electron chi connectivity index (χ0n) is 11.2. The Hall–Kier alpha value is -2.08. The van der Waals surface area contributed by atoms with Gasteiger partial charge >= 0.3 is 5.97 Å². The van der Waals surface area contributed by atoms with Crippen LogP contribution in [0.5, 0.6) is 5.75 Å². The maximum Gasteiger partial charge on any atom is 0.328 e. The van der Waals surface area contributed by atoms with Crippen molar-refractivity contribution in [2.24, 2.45) is 0 Å². The molecular weight excluding hydrogens is 250 g/mol. The molecule has 0 fully saturated rings. The lowest BCUT2D eigenvalue weighted by molar-refractivity contribution is -0.195. The van der Waals surface area contributed by atoms with Crippen molar-refractivity contribution in [3.8, 4) is 5.75 Å². The first kappa shape index (κ1) is 15.0. The van der Waals surface area contributed by atoms with Crippen LogP contribution in [0.1, 0.15) is 12.5 Å². The molecule has 0 aliphatic carbocycles. The van der Waals surface area contributed by atoms with Crippen molar-refractivity contribution in [1.29, 1.82) is 0 Å². The van der Waals surface area contributed by atoms with Gasteiger partial charge in [-0.3, -0.25) is 14.4 Å². The van der Waals surface area contributed by atoms with Crippen molar-refractivity contribution < 1.29 is 23.9 Å². The molecule has 0 unspecified atom stereocenters. The molecule has 19 heavy (non-hydrogen) atoms. The van der Waals surface area contributed by atoms with E-state index in [1.54, 1.807) is 19.2 Å². The van der Waals surface area contributed by atoms with Gasteiger partial charge < -0.3 is 9.47 Å². The minimum Gasteiger partial charge on any atom is -0.497 e. The highest BCUT2D eigenvalue weighted by atomic mass is 16.7. The third-order valence-corrected chi connectivity index (χ3v) is 2.40. The topological polar surface area (TPSA) is 65.1 Å². The largest absolute Gasteiger partial charge is 0.497 e. The summed E-state index contributed by atoms with van der Waals surface area (Å²) in [5.41, 5.74) is 0.858. The van der Waals surface area contributed by atoms with E-state index in [1.807, 2.05) is 12.1 Å². The number of esters is 1. The van der Waals surface area contributed by atoms with Crippen LogP contribution >= 0.6 is 0 Å². The van der Waals surface area contributed by atoms with Crippen molar-refractivity contribution in [2.45, 2.75) is 13.5 Å². The second kappa shape index (κ2) is 7.38. The molecule has 0 N–H and O–H groups in total. The molecule has 0 aliphatic heterocycles. The van der Waals surface area contributed by atoms with Crippen molar-refractivity contribution in [1.82, 2.24) is 5.06 Å². The molecule has 104 valence electrons. The minimum atomic E-state index is -0.537. The summed E-state index contributed by atoms with van der Waals surface area (Å²) in [6, 6.07) is 7.21. The zero-order valence-corrected chi connectivity index (χ0v) is 11.2. The molecule has 0 aromatic heterocycles. The first-order chi connectivity index (χ1) is 9.06. The predicted octanol–water partition coefficient (Wildman–Crippen LogP) is 1.15. The van der Waals surface area contributed by atoms with Crippen LogP contribution in [0.25, 0.3) is 0 Å². The molecule has 1 rings (SSSR count). The highest BCUT2D eigenvalue weighted by Gasteiger charge is 2.14. The predicted molar refractivity (Wildman–Crippen MR) is 67.2 cm³/mol. The molecule has 0 saturated carbocycles. The number of methoxy groups -OCH3 is 2. The Balaban J connectivity index is 2.55. The summed E-state index contributed by atoms with van der Waals surface area (Å²) in [4.78, 5) is 27.7. The quantitative estimate of drug-likeness (QED) is 0.571. The third-order valence-electron chi connectivity index (χ3n) is 2.40. The van der Waals surface area contributed by atoms with Crippen LogP contribution in [0.15, 0.2) is 24.3 Å².